The summed E-state index contributed by atoms with van der Waals surface area (Å²) in [5.41, 5.74) is 0.131. The number of benzene rings is 1. The summed E-state index contributed by atoms with van der Waals surface area (Å²) in [6.07, 6.45) is -2.03. The molecule has 2 rings (SSSR count). The van der Waals surface area contributed by atoms with Gasteiger partial charge in [0.1, 0.15) is 0 Å². The smallest absolute Gasteiger partial charge is 0.383 e. The number of alkyl halides is 3. The van der Waals surface area contributed by atoms with Crippen LogP contribution in [0.2, 0.25) is 5.02 Å². The van der Waals surface area contributed by atoms with E-state index in [1.165, 1.54) is 12.8 Å². The van der Waals surface area contributed by atoms with Crippen molar-refractivity contribution in [3.63, 3.8) is 0 Å². The second-order valence-corrected chi connectivity index (χ2v) is 5.53. The Bertz CT molecular complexity index is 468. The van der Waals surface area contributed by atoms with Gasteiger partial charge in [0, 0.05) is 13.1 Å². The quantitative estimate of drug-likeness (QED) is 0.898. The molecule has 0 amide bonds. The van der Waals surface area contributed by atoms with Crippen LogP contribution in [0.25, 0.3) is 0 Å². The molecular formula is C14H18ClF3N2. The Hall–Kier alpha value is -0.940. The Labute approximate surface area is 121 Å². The molecule has 0 aromatic heterocycles. The molecule has 6 heteroatoms. The van der Waals surface area contributed by atoms with Crippen molar-refractivity contribution < 1.29 is 13.2 Å². The number of aryl methyl sites for hydroxylation is 1. The van der Waals surface area contributed by atoms with Gasteiger partial charge >= 0.3 is 6.18 Å². The highest BCUT2D eigenvalue weighted by atomic mass is 35.5. The van der Waals surface area contributed by atoms with Crippen LogP contribution in [0.1, 0.15) is 24.0 Å². The molecule has 0 aliphatic carbocycles. The third kappa shape index (κ3) is 3.79. The van der Waals surface area contributed by atoms with Gasteiger partial charge in [0.2, 0.25) is 0 Å². The fourth-order valence-corrected chi connectivity index (χ4v) is 2.74. The van der Waals surface area contributed by atoms with Crippen LogP contribution in [0.3, 0.4) is 0 Å². The maximum Gasteiger partial charge on any atom is 0.417 e. The van der Waals surface area contributed by atoms with Gasteiger partial charge in [0.15, 0.2) is 0 Å². The molecule has 0 atom stereocenters. The summed E-state index contributed by atoms with van der Waals surface area (Å²) in [5.74, 6) is 0. The first-order valence-electron chi connectivity index (χ1n) is 6.71. The lowest BCUT2D eigenvalue weighted by atomic mass is 10.1. The number of rotatable bonds is 4. The van der Waals surface area contributed by atoms with Gasteiger partial charge in [-0.15, -0.1) is 0 Å². The lowest BCUT2D eigenvalue weighted by Gasteiger charge is -2.18. The Morgan fingerprint density at radius 1 is 1.25 bits per heavy atom. The Balaban J connectivity index is 2.05. The van der Waals surface area contributed by atoms with Gasteiger partial charge in [0.05, 0.1) is 16.3 Å². The van der Waals surface area contributed by atoms with Crippen molar-refractivity contribution in [3.05, 3.63) is 28.3 Å². The monoisotopic (exact) mass is 306 g/mol. The van der Waals surface area contributed by atoms with Crippen molar-refractivity contribution >= 4 is 17.3 Å². The Morgan fingerprint density at radius 3 is 2.50 bits per heavy atom. The molecule has 1 aliphatic rings. The highest BCUT2D eigenvalue weighted by Gasteiger charge is 2.34. The average molecular weight is 307 g/mol. The number of likely N-dealkylation sites (tertiary alicyclic amines) is 1. The molecule has 0 radical (unpaired) electrons. The van der Waals surface area contributed by atoms with Crippen LogP contribution in [-0.4, -0.2) is 31.1 Å². The van der Waals surface area contributed by atoms with Crippen molar-refractivity contribution in [2.45, 2.75) is 25.9 Å². The molecule has 1 N–H and O–H groups in total. The number of nitrogens with one attached hydrogen (secondary N) is 1. The minimum absolute atomic E-state index is 0.246. The standard InChI is InChI=1S/C14H18ClF3N2/c1-10-8-11(14(16,17)18)13(15)12(9-10)19-4-7-20-5-2-3-6-20/h8-9,19H,2-7H2,1H3. The van der Waals surface area contributed by atoms with Crippen molar-refractivity contribution in [2.75, 3.05) is 31.5 Å². The molecule has 1 heterocycles. The van der Waals surface area contributed by atoms with E-state index < -0.39 is 11.7 Å². The van der Waals surface area contributed by atoms with Crippen molar-refractivity contribution in [3.8, 4) is 0 Å². The topological polar surface area (TPSA) is 15.3 Å². The molecule has 1 aliphatic heterocycles. The summed E-state index contributed by atoms with van der Waals surface area (Å²) in [7, 11) is 0. The van der Waals surface area contributed by atoms with E-state index in [9.17, 15) is 13.2 Å². The van der Waals surface area contributed by atoms with E-state index in [1.807, 2.05) is 0 Å². The summed E-state index contributed by atoms with van der Waals surface area (Å²) < 4.78 is 38.6. The maximum absolute atomic E-state index is 12.9. The zero-order valence-corrected chi connectivity index (χ0v) is 12.1. The fraction of sp³-hybridized carbons (Fsp3) is 0.571. The lowest BCUT2D eigenvalue weighted by Crippen LogP contribution is -2.26. The molecule has 1 aromatic rings. The number of anilines is 1. The molecular weight excluding hydrogens is 289 g/mol. The van der Waals surface area contributed by atoms with Crippen LogP contribution < -0.4 is 5.32 Å². The number of halogens is 4. The predicted octanol–water partition coefficient (Wildman–Crippen LogP) is 4.17. The first kappa shape index (κ1) is 15.4. The fourth-order valence-electron chi connectivity index (χ4n) is 2.46. The van der Waals surface area contributed by atoms with Gasteiger partial charge in [0.25, 0.3) is 0 Å². The van der Waals surface area contributed by atoms with Gasteiger partial charge in [-0.1, -0.05) is 11.6 Å². The Kier molecular flexibility index (Phi) is 4.81. The lowest BCUT2D eigenvalue weighted by molar-refractivity contribution is -0.137. The molecule has 0 unspecified atom stereocenters. The third-order valence-corrected chi connectivity index (χ3v) is 3.87. The first-order chi connectivity index (χ1) is 9.38. The largest absolute Gasteiger partial charge is 0.417 e. The van der Waals surface area contributed by atoms with Crippen LogP contribution in [-0.2, 0) is 6.18 Å². The van der Waals surface area contributed by atoms with E-state index >= 15 is 0 Å². The molecule has 112 valence electrons. The molecule has 0 saturated carbocycles. The average Bonchev–Trinajstić information content (AvgIpc) is 2.84. The molecule has 0 spiro atoms. The van der Waals surface area contributed by atoms with Gasteiger partial charge < -0.3 is 10.2 Å². The zero-order valence-electron chi connectivity index (χ0n) is 11.4. The predicted molar refractivity (Wildman–Crippen MR) is 75.4 cm³/mol. The molecule has 1 aromatic carbocycles. The first-order valence-corrected chi connectivity index (χ1v) is 7.09. The van der Waals surface area contributed by atoms with Crippen LogP contribution in [0.15, 0.2) is 12.1 Å². The molecule has 1 fully saturated rings. The van der Waals surface area contributed by atoms with Crippen LogP contribution >= 0.6 is 11.6 Å². The van der Waals surface area contributed by atoms with Crippen molar-refractivity contribution in [2.24, 2.45) is 0 Å². The summed E-state index contributed by atoms with van der Waals surface area (Å²) in [4.78, 5) is 2.29. The number of hydrogen-bond donors (Lipinski definition) is 1. The second kappa shape index (κ2) is 6.22. The summed E-state index contributed by atoms with van der Waals surface area (Å²) in [6.45, 7) is 5.19. The van der Waals surface area contributed by atoms with E-state index in [-0.39, 0.29) is 5.02 Å². The van der Waals surface area contributed by atoms with E-state index in [0.717, 1.165) is 25.7 Å². The van der Waals surface area contributed by atoms with Gasteiger partial charge in [-0.25, -0.2) is 0 Å². The van der Waals surface area contributed by atoms with Crippen molar-refractivity contribution in [1.82, 2.24) is 4.90 Å². The highest BCUT2D eigenvalue weighted by Crippen LogP contribution is 2.39. The van der Waals surface area contributed by atoms with Gasteiger partial charge in [-0.05, 0) is 50.6 Å². The van der Waals surface area contributed by atoms with Crippen LogP contribution in [0, 0.1) is 6.92 Å². The van der Waals surface area contributed by atoms with Crippen LogP contribution in [0.4, 0.5) is 18.9 Å². The molecule has 1 saturated heterocycles. The molecule has 0 bridgehead atoms. The number of hydrogen-bond acceptors (Lipinski definition) is 2. The Morgan fingerprint density at radius 2 is 1.90 bits per heavy atom. The third-order valence-electron chi connectivity index (χ3n) is 3.46. The van der Waals surface area contributed by atoms with E-state index in [0.29, 0.717) is 17.8 Å². The molecule has 2 nitrogen and oxygen atoms in total. The normalized spacial score (nSPS) is 16.6. The van der Waals surface area contributed by atoms with Crippen molar-refractivity contribution in [1.29, 1.82) is 0 Å². The summed E-state index contributed by atoms with van der Waals surface area (Å²) >= 11 is 5.86. The van der Waals surface area contributed by atoms with E-state index in [2.05, 4.69) is 10.2 Å². The van der Waals surface area contributed by atoms with Gasteiger partial charge in [-0.3, -0.25) is 0 Å². The summed E-state index contributed by atoms with van der Waals surface area (Å²) in [5, 5.41) is 2.77. The highest BCUT2D eigenvalue weighted by molar-refractivity contribution is 6.34. The SMILES string of the molecule is Cc1cc(NCCN2CCCC2)c(Cl)c(C(F)(F)F)c1. The zero-order chi connectivity index (χ0) is 14.8. The van der Waals surface area contributed by atoms with Crippen LogP contribution in [0.5, 0.6) is 0 Å². The van der Waals surface area contributed by atoms with E-state index in [1.54, 1.807) is 13.0 Å². The minimum atomic E-state index is -4.42. The number of nitrogens with zero attached hydrogens (tertiary/aromatic N) is 1. The van der Waals surface area contributed by atoms with Gasteiger partial charge in [-0.2, -0.15) is 13.2 Å². The molecule has 20 heavy (non-hydrogen) atoms. The maximum atomic E-state index is 12.9. The minimum Gasteiger partial charge on any atom is -0.383 e. The van der Waals surface area contributed by atoms with E-state index in [4.69, 9.17) is 11.6 Å². The summed E-state index contributed by atoms with van der Waals surface area (Å²) in [6, 6.07) is 2.73. The second-order valence-electron chi connectivity index (χ2n) is 5.15.